The molecule has 6 nitrogen and oxygen atoms in total. The van der Waals surface area contributed by atoms with Crippen molar-refractivity contribution in [2.24, 2.45) is 0 Å². The van der Waals surface area contributed by atoms with Crippen LogP contribution in [0.5, 0.6) is 11.5 Å². The van der Waals surface area contributed by atoms with Crippen LogP contribution in [0.4, 0.5) is 11.4 Å². The molecule has 1 aliphatic carbocycles. The van der Waals surface area contributed by atoms with Crippen molar-refractivity contribution in [3.63, 3.8) is 0 Å². The lowest BCUT2D eigenvalue weighted by Crippen LogP contribution is -2.19. The number of nitrogens with one attached hydrogen (secondary N) is 1. The fourth-order valence-corrected chi connectivity index (χ4v) is 3.69. The van der Waals surface area contributed by atoms with Gasteiger partial charge in [-0.25, -0.2) is 0 Å². The van der Waals surface area contributed by atoms with Gasteiger partial charge in [-0.3, -0.25) is 9.78 Å². The highest BCUT2D eigenvalue weighted by molar-refractivity contribution is 5.66. The van der Waals surface area contributed by atoms with Gasteiger partial charge in [-0.2, -0.15) is 0 Å². The van der Waals surface area contributed by atoms with Crippen LogP contribution >= 0.6 is 0 Å². The van der Waals surface area contributed by atoms with Gasteiger partial charge in [0.25, 0.3) is 0 Å². The Bertz CT molecular complexity index is 977. The van der Waals surface area contributed by atoms with E-state index < -0.39 is 0 Å². The lowest BCUT2D eigenvalue weighted by Gasteiger charge is -2.26. The number of hydrogen-bond donors (Lipinski definition) is 1. The van der Waals surface area contributed by atoms with Gasteiger partial charge in [0, 0.05) is 43.0 Å². The van der Waals surface area contributed by atoms with Gasteiger partial charge in [0.2, 0.25) is 5.56 Å². The molecular weight excluding hydrogens is 366 g/mol. The molecule has 1 aliphatic rings. The second-order valence-corrected chi connectivity index (χ2v) is 7.22. The van der Waals surface area contributed by atoms with Crippen molar-refractivity contribution in [3.05, 3.63) is 77.0 Å². The SMILES string of the molecule is COc1ccc(N(Cc2cccnc2)c2ccc(=O)[nH]c2)cc1OC1CCCC1. The molecule has 0 atom stereocenters. The van der Waals surface area contributed by atoms with Gasteiger partial charge in [-0.15, -0.1) is 0 Å². The van der Waals surface area contributed by atoms with E-state index in [0.717, 1.165) is 41.3 Å². The van der Waals surface area contributed by atoms with E-state index in [1.54, 1.807) is 19.5 Å². The molecule has 0 spiro atoms. The largest absolute Gasteiger partial charge is 0.493 e. The lowest BCUT2D eigenvalue weighted by molar-refractivity contribution is 0.201. The fourth-order valence-electron chi connectivity index (χ4n) is 3.69. The van der Waals surface area contributed by atoms with E-state index in [9.17, 15) is 4.79 Å². The molecule has 0 bridgehead atoms. The zero-order valence-corrected chi connectivity index (χ0v) is 16.5. The summed E-state index contributed by atoms with van der Waals surface area (Å²) < 4.78 is 11.8. The first-order valence-electron chi connectivity index (χ1n) is 9.93. The van der Waals surface area contributed by atoms with E-state index in [2.05, 4.69) is 14.9 Å². The Morgan fingerprint density at radius 2 is 1.93 bits per heavy atom. The van der Waals surface area contributed by atoms with Crippen LogP contribution in [0.2, 0.25) is 0 Å². The Morgan fingerprint density at radius 1 is 1.10 bits per heavy atom. The maximum Gasteiger partial charge on any atom is 0.248 e. The standard InChI is InChI=1S/C23H25N3O3/c1-28-21-10-8-18(13-22(21)29-20-6-2-3-7-20)26(16-17-5-4-12-24-14-17)19-9-11-23(27)25-15-19/h4-5,8-15,20H,2-3,6-7,16H2,1H3,(H,25,27). The van der Waals surface area contributed by atoms with E-state index in [0.29, 0.717) is 6.54 Å². The molecule has 0 aliphatic heterocycles. The Hall–Kier alpha value is -3.28. The number of ether oxygens (including phenoxy) is 2. The third kappa shape index (κ3) is 4.59. The summed E-state index contributed by atoms with van der Waals surface area (Å²) in [5.74, 6) is 1.47. The topological polar surface area (TPSA) is 67.5 Å². The molecule has 0 radical (unpaired) electrons. The molecule has 3 aromatic rings. The van der Waals surface area contributed by atoms with Crippen molar-refractivity contribution in [3.8, 4) is 11.5 Å². The summed E-state index contributed by atoms with van der Waals surface area (Å²) in [6, 6.07) is 13.2. The van der Waals surface area contributed by atoms with Crippen molar-refractivity contribution < 1.29 is 9.47 Å². The van der Waals surface area contributed by atoms with E-state index in [1.807, 2.05) is 42.6 Å². The van der Waals surface area contributed by atoms with Crippen molar-refractivity contribution in [2.45, 2.75) is 38.3 Å². The van der Waals surface area contributed by atoms with Crippen molar-refractivity contribution in [1.82, 2.24) is 9.97 Å². The summed E-state index contributed by atoms with van der Waals surface area (Å²) in [6.07, 6.45) is 10.1. The monoisotopic (exact) mass is 391 g/mol. The van der Waals surface area contributed by atoms with Gasteiger partial charge in [-0.1, -0.05) is 6.07 Å². The van der Waals surface area contributed by atoms with Gasteiger partial charge in [0.15, 0.2) is 11.5 Å². The average molecular weight is 391 g/mol. The molecule has 0 saturated heterocycles. The molecule has 6 heteroatoms. The van der Waals surface area contributed by atoms with Crippen molar-refractivity contribution in [1.29, 1.82) is 0 Å². The zero-order chi connectivity index (χ0) is 20.1. The Kier molecular flexibility index (Phi) is 5.79. The second-order valence-electron chi connectivity index (χ2n) is 7.22. The third-order valence-electron chi connectivity index (χ3n) is 5.20. The number of benzene rings is 1. The normalized spacial score (nSPS) is 14.0. The maximum atomic E-state index is 11.5. The molecule has 1 aromatic carbocycles. The molecule has 2 heterocycles. The van der Waals surface area contributed by atoms with E-state index in [1.165, 1.54) is 18.9 Å². The van der Waals surface area contributed by atoms with Crippen molar-refractivity contribution in [2.75, 3.05) is 12.0 Å². The summed E-state index contributed by atoms with van der Waals surface area (Å²) >= 11 is 0. The number of aromatic nitrogens is 2. The summed E-state index contributed by atoms with van der Waals surface area (Å²) in [7, 11) is 1.66. The summed E-state index contributed by atoms with van der Waals surface area (Å²) in [5.41, 5.74) is 2.77. The van der Waals surface area contributed by atoms with E-state index in [4.69, 9.17) is 9.47 Å². The molecule has 0 amide bonds. The predicted molar refractivity (Wildman–Crippen MR) is 113 cm³/mol. The Morgan fingerprint density at radius 3 is 2.62 bits per heavy atom. The molecule has 29 heavy (non-hydrogen) atoms. The van der Waals surface area contributed by atoms with E-state index >= 15 is 0 Å². The van der Waals surface area contributed by atoms with Gasteiger partial charge in [-0.05, 0) is 55.5 Å². The van der Waals surface area contributed by atoms with Crippen LogP contribution in [-0.2, 0) is 6.54 Å². The Balaban J connectivity index is 1.70. The lowest BCUT2D eigenvalue weighted by atomic mass is 10.2. The molecule has 1 saturated carbocycles. The first-order chi connectivity index (χ1) is 14.2. The summed E-state index contributed by atoms with van der Waals surface area (Å²) in [5, 5.41) is 0. The van der Waals surface area contributed by atoms with Crippen LogP contribution < -0.4 is 19.9 Å². The number of nitrogens with zero attached hydrogens (tertiary/aromatic N) is 2. The molecule has 2 aromatic heterocycles. The average Bonchev–Trinajstić information content (AvgIpc) is 3.27. The minimum Gasteiger partial charge on any atom is -0.493 e. The number of methoxy groups -OCH3 is 1. The van der Waals surface area contributed by atoms with Crippen LogP contribution in [-0.4, -0.2) is 23.2 Å². The number of pyridine rings is 2. The number of anilines is 2. The smallest absolute Gasteiger partial charge is 0.248 e. The first kappa shape index (κ1) is 19.1. The quantitative estimate of drug-likeness (QED) is 0.645. The van der Waals surface area contributed by atoms with Gasteiger partial charge in [0.1, 0.15) is 0 Å². The number of H-pyrrole nitrogens is 1. The van der Waals surface area contributed by atoms with Gasteiger partial charge >= 0.3 is 0 Å². The van der Waals surface area contributed by atoms with Crippen molar-refractivity contribution >= 4 is 11.4 Å². The van der Waals surface area contributed by atoms with Gasteiger partial charge < -0.3 is 19.4 Å². The van der Waals surface area contributed by atoms with Crippen LogP contribution in [0, 0.1) is 0 Å². The fraction of sp³-hybridized carbons (Fsp3) is 0.304. The molecular formula is C23H25N3O3. The maximum absolute atomic E-state index is 11.5. The number of hydrogen-bond acceptors (Lipinski definition) is 5. The molecule has 4 rings (SSSR count). The number of aromatic amines is 1. The van der Waals surface area contributed by atoms with Crippen LogP contribution in [0.3, 0.4) is 0 Å². The highest BCUT2D eigenvalue weighted by atomic mass is 16.5. The first-order valence-corrected chi connectivity index (χ1v) is 9.93. The molecule has 0 unspecified atom stereocenters. The minimum absolute atomic E-state index is 0.130. The molecule has 1 N–H and O–H groups in total. The Labute approximate surface area is 170 Å². The minimum atomic E-state index is -0.130. The molecule has 1 fully saturated rings. The highest BCUT2D eigenvalue weighted by Gasteiger charge is 2.20. The third-order valence-corrected chi connectivity index (χ3v) is 5.20. The second kappa shape index (κ2) is 8.82. The zero-order valence-electron chi connectivity index (χ0n) is 16.5. The van der Waals surface area contributed by atoms with Crippen LogP contribution in [0.15, 0.2) is 65.8 Å². The van der Waals surface area contributed by atoms with E-state index in [-0.39, 0.29) is 11.7 Å². The molecule has 150 valence electrons. The van der Waals surface area contributed by atoms with Crippen LogP contribution in [0.1, 0.15) is 31.2 Å². The van der Waals surface area contributed by atoms with Gasteiger partial charge in [0.05, 0.1) is 18.9 Å². The van der Waals surface area contributed by atoms with Crippen LogP contribution in [0.25, 0.3) is 0 Å². The summed E-state index contributed by atoms with van der Waals surface area (Å²) in [4.78, 5) is 20.7. The highest BCUT2D eigenvalue weighted by Crippen LogP contribution is 2.37. The predicted octanol–water partition coefficient (Wildman–Crippen LogP) is 4.44. The number of rotatable bonds is 7. The summed E-state index contributed by atoms with van der Waals surface area (Å²) in [6.45, 7) is 0.606.